The van der Waals surface area contributed by atoms with E-state index in [9.17, 15) is 5.26 Å². The minimum Gasteiger partial charge on any atom is -0.480 e. The van der Waals surface area contributed by atoms with Crippen molar-refractivity contribution < 1.29 is 4.74 Å². The van der Waals surface area contributed by atoms with E-state index in [1.54, 1.807) is 0 Å². The number of hydrogen-bond donors (Lipinski definition) is 2. The van der Waals surface area contributed by atoms with E-state index in [-0.39, 0.29) is 0 Å². The smallest absolute Gasteiger partial charge is 0.238 e. The fourth-order valence-corrected chi connectivity index (χ4v) is 1.69. The first-order valence-electron chi connectivity index (χ1n) is 6.19. The molecule has 0 aliphatic heterocycles. The summed E-state index contributed by atoms with van der Waals surface area (Å²) in [5.74, 6) is 1.45. The summed E-state index contributed by atoms with van der Waals surface area (Å²) in [6.45, 7) is 0. The first kappa shape index (κ1) is 11.1. The van der Waals surface area contributed by atoms with Gasteiger partial charge in [0.15, 0.2) is 11.4 Å². The number of rotatable bonds is 5. The van der Waals surface area contributed by atoms with Gasteiger partial charge in [-0.1, -0.05) is 0 Å². The van der Waals surface area contributed by atoms with Gasteiger partial charge in [-0.25, -0.2) is 0 Å². The Balaban J connectivity index is 1.92. The maximum Gasteiger partial charge on any atom is 0.238 e. The van der Waals surface area contributed by atoms with E-state index < -0.39 is 0 Å². The molecule has 0 spiro atoms. The SMILES string of the molecule is COc1nc(NC2CC2)nc(NC2CC2)c1C#N. The average molecular weight is 245 g/mol. The number of ether oxygens (including phenoxy) is 1. The highest BCUT2D eigenvalue weighted by atomic mass is 16.5. The van der Waals surface area contributed by atoms with Crippen LogP contribution in [0.4, 0.5) is 11.8 Å². The van der Waals surface area contributed by atoms with Gasteiger partial charge in [0.1, 0.15) is 6.07 Å². The lowest BCUT2D eigenvalue weighted by Gasteiger charge is -2.11. The summed E-state index contributed by atoms with van der Waals surface area (Å²) >= 11 is 0. The summed E-state index contributed by atoms with van der Waals surface area (Å²) in [5, 5.41) is 15.7. The van der Waals surface area contributed by atoms with Crippen LogP contribution in [0.3, 0.4) is 0 Å². The molecule has 1 aromatic rings. The van der Waals surface area contributed by atoms with Crippen LogP contribution < -0.4 is 15.4 Å². The summed E-state index contributed by atoms with van der Waals surface area (Å²) in [7, 11) is 1.52. The molecule has 0 amide bonds. The fraction of sp³-hybridized carbons (Fsp3) is 0.583. The zero-order valence-electron chi connectivity index (χ0n) is 10.2. The number of hydrogen-bond acceptors (Lipinski definition) is 6. The lowest BCUT2D eigenvalue weighted by molar-refractivity contribution is 0.396. The molecule has 2 saturated carbocycles. The molecular formula is C12H15N5O. The van der Waals surface area contributed by atoms with E-state index in [2.05, 4.69) is 26.7 Å². The predicted molar refractivity (Wildman–Crippen MR) is 66.6 cm³/mol. The molecule has 1 heterocycles. The van der Waals surface area contributed by atoms with Crippen molar-refractivity contribution in [3.63, 3.8) is 0 Å². The number of nitrogens with one attached hydrogen (secondary N) is 2. The van der Waals surface area contributed by atoms with Crippen LogP contribution in [0.1, 0.15) is 31.2 Å². The molecule has 0 saturated heterocycles. The summed E-state index contributed by atoms with van der Waals surface area (Å²) < 4.78 is 5.17. The summed E-state index contributed by atoms with van der Waals surface area (Å²) in [6, 6.07) is 3.01. The minimum atomic E-state index is 0.332. The third kappa shape index (κ3) is 2.30. The van der Waals surface area contributed by atoms with E-state index in [1.165, 1.54) is 7.11 Å². The van der Waals surface area contributed by atoms with Crippen LogP contribution in [-0.2, 0) is 0 Å². The number of nitriles is 1. The first-order valence-corrected chi connectivity index (χ1v) is 6.19. The lowest BCUT2D eigenvalue weighted by Crippen LogP contribution is -2.12. The van der Waals surface area contributed by atoms with Crippen molar-refractivity contribution in [3.05, 3.63) is 5.56 Å². The van der Waals surface area contributed by atoms with Crippen molar-refractivity contribution in [1.82, 2.24) is 9.97 Å². The molecule has 6 heteroatoms. The van der Waals surface area contributed by atoms with Gasteiger partial charge in [0.2, 0.25) is 11.8 Å². The van der Waals surface area contributed by atoms with Gasteiger partial charge in [0.05, 0.1) is 7.11 Å². The molecule has 0 aromatic carbocycles. The maximum absolute atomic E-state index is 9.18. The van der Waals surface area contributed by atoms with Crippen LogP contribution in [0.25, 0.3) is 0 Å². The van der Waals surface area contributed by atoms with Crippen molar-refractivity contribution in [3.8, 4) is 11.9 Å². The Morgan fingerprint density at radius 1 is 1.17 bits per heavy atom. The highest BCUT2D eigenvalue weighted by Crippen LogP contribution is 2.31. The third-order valence-electron chi connectivity index (χ3n) is 3.01. The first-order chi connectivity index (χ1) is 8.80. The molecule has 18 heavy (non-hydrogen) atoms. The van der Waals surface area contributed by atoms with E-state index in [0.717, 1.165) is 25.7 Å². The molecule has 0 unspecified atom stereocenters. The van der Waals surface area contributed by atoms with Gasteiger partial charge >= 0.3 is 0 Å². The van der Waals surface area contributed by atoms with Gasteiger partial charge in [0, 0.05) is 12.1 Å². The van der Waals surface area contributed by atoms with E-state index in [1.807, 2.05) is 0 Å². The van der Waals surface area contributed by atoms with Crippen molar-refractivity contribution in [2.45, 2.75) is 37.8 Å². The molecule has 1 aromatic heterocycles. The molecule has 2 aliphatic carbocycles. The van der Waals surface area contributed by atoms with E-state index in [4.69, 9.17) is 4.74 Å². The fourth-order valence-electron chi connectivity index (χ4n) is 1.69. The molecule has 6 nitrogen and oxygen atoms in total. The van der Waals surface area contributed by atoms with Crippen molar-refractivity contribution >= 4 is 11.8 Å². The van der Waals surface area contributed by atoms with Gasteiger partial charge in [0.25, 0.3) is 0 Å². The van der Waals surface area contributed by atoms with Crippen LogP contribution in [0.2, 0.25) is 0 Å². The molecule has 0 atom stereocenters. The minimum absolute atomic E-state index is 0.332. The van der Waals surface area contributed by atoms with Gasteiger partial charge < -0.3 is 15.4 Å². The Kier molecular flexibility index (Phi) is 2.67. The standard InChI is InChI=1S/C12H15N5O/c1-18-11-9(6-13)10(14-7-2-3-7)16-12(17-11)15-8-4-5-8/h7-8H,2-5H2,1H3,(H2,14,15,16,17). The number of aromatic nitrogens is 2. The number of nitrogens with zero attached hydrogens (tertiary/aromatic N) is 3. The third-order valence-corrected chi connectivity index (χ3v) is 3.01. The second kappa shape index (κ2) is 4.33. The van der Waals surface area contributed by atoms with Crippen molar-refractivity contribution in [1.29, 1.82) is 5.26 Å². The number of anilines is 2. The Hall–Kier alpha value is -2.03. The Labute approximate surface area is 105 Å². The van der Waals surface area contributed by atoms with Gasteiger partial charge in [-0.05, 0) is 25.7 Å². The lowest BCUT2D eigenvalue weighted by atomic mass is 10.3. The molecule has 2 fully saturated rings. The zero-order chi connectivity index (χ0) is 12.5. The molecular weight excluding hydrogens is 230 g/mol. The normalized spacial score (nSPS) is 18.0. The van der Waals surface area contributed by atoms with Crippen LogP contribution >= 0.6 is 0 Å². The van der Waals surface area contributed by atoms with Gasteiger partial charge in [-0.2, -0.15) is 15.2 Å². The maximum atomic E-state index is 9.18. The van der Waals surface area contributed by atoms with E-state index >= 15 is 0 Å². The molecule has 2 N–H and O–H groups in total. The summed E-state index contributed by atoms with van der Waals surface area (Å²) in [5.41, 5.74) is 0.380. The summed E-state index contributed by atoms with van der Waals surface area (Å²) in [4.78, 5) is 8.60. The monoisotopic (exact) mass is 245 g/mol. The molecule has 3 rings (SSSR count). The Bertz CT molecular complexity index is 502. The number of methoxy groups -OCH3 is 1. The predicted octanol–water partition coefficient (Wildman–Crippen LogP) is 1.51. The molecule has 0 bridgehead atoms. The molecule has 94 valence electrons. The summed E-state index contributed by atoms with van der Waals surface area (Å²) in [6.07, 6.45) is 4.55. The van der Waals surface area contributed by atoms with Crippen molar-refractivity contribution in [2.24, 2.45) is 0 Å². The van der Waals surface area contributed by atoms with Crippen LogP contribution in [0, 0.1) is 11.3 Å². The second-order valence-corrected chi connectivity index (χ2v) is 4.73. The van der Waals surface area contributed by atoms with Crippen molar-refractivity contribution in [2.75, 3.05) is 17.7 Å². The highest BCUT2D eigenvalue weighted by Gasteiger charge is 2.27. The Morgan fingerprint density at radius 2 is 1.83 bits per heavy atom. The van der Waals surface area contributed by atoms with Gasteiger partial charge in [-0.15, -0.1) is 0 Å². The van der Waals surface area contributed by atoms with Crippen LogP contribution in [0.5, 0.6) is 5.88 Å². The quantitative estimate of drug-likeness (QED) is 0.818. The largest absolute Gasteiger partial charge is 0.480 e. The van der Waals surface area contributed by atoms with E-state index in [0.29, 0.717) is 35.3 Å². The Morgan fingerprint density at radius 3 is 2.39 bits per heavy atom. The van der Waals surface area contributed by atoms with Gasteiger partial charge in [-0.3, -0.25) is 0 Å². The zero-order valence-corrected chi connectivity index (χ0v) is 10.2. The van der Waals surface area contributed by atoms with Crippen LogP contribution in [-0.4, -0.2) is 29.2 Å². The topological polar surface area (TPSA) is 82.9 Å². The molecule has 2 aliphatic rings. The van der Waals surface area contributed by atoms with Crippen LogP contribution in [0.15, 0.2) is 0 Å². The molecule has 0 radical (unpaired) electrons. The second-order valence-electron chi connectivity index (χ2n) is 4.73. The highest BCUT2D eigenvalue weighted by molar-refractivity contribution is 5.60. The average Bonchev–Trinajstić information content (AvgIpc) is 3.24.